The number of nitrogens with zero attached hydrogens (tertiary/aromatic N) is 2. The van der Waals surface area contributed by atoms with Crippen LogP contribution in [0.3, 0.4) is 0 Å². The van der Waals surface area contributed by atoms with Crippen LogP contribution in [0, 0.1) is 5.92 Å². The number of sulfonamides is 1. The first kappa shape index (κ1) is 20.3. The van der Waals surface area contributed by atoms with Gasteiger partial charge in [0.1, 0.15) is 0 Å². The number of hydrogen-bond acceptors (Lipinski definition) is 5. The summed E-state index contributed by atoms with van der Waals surface area (Å²) in [4.78, 5) is 14.5. The molecule has 2 heterocycles. The van der Waals surface area contributed by atoms with Gasteiger partial charge in [-0.2, -0.15) is 4.31 Å². The van der Waals surface area contributed by atoms with Crippen LogP contribution in [0.1, 0.15) is 49.9 Å². The average Bonchev–Trinajstić information content (AvgIpc) is 2.69. The maximum absolute atomic E-state index is 12.9. The summed E-state index contributed by atoms with van der Waals surface area (Å²) in [5, 5.41) is 0. The van der Waals surface area contributed by atoms with Crippen LogP contribution in [0.2, 0.25) is 0 Å². The molecule has 0 saturated carbocycles. The van der Waals surface area contributed by atoms with E-state index in [4.69, 9.17) is 4.74 Å². The van der Waals surface area contributed by atoms with Gasteiger partial charge in [-0.05, 0) is 75.9 Å². The number of carbonyl (C=O) groups excluding carboxylic acids is 1. The molecule has 3 rings (SSSR count). The molecule has 0 aliphatic carbocycles. The van der Waals surface area contributed by atoms with Crippen LogP contribution in [-0.2, 0) is 14.8 Å². The number of piperidine rings is 2. The normalized spacial score (nSPS) is 21.3. The Morgan fingerprint density at radius 1 is 1.04 bits per heavy atom. The lowest BCUT2D eigenvalue weighted by Gasteiger charge is -2.41. The molecule has 27 heavy (non-hydrogen) atoms. The zero-order valence-corrected chi connectivity index (χ0v) is 17.1. The molecule has 2 aliphatic rings. The highest BCUT2D eigenvalue weighted by Crippen LogP contribution is 2.26. The lowest BCUT2D eigenvalue weighted by molar-refractivity contribution is 0.0526. The second-order valence-corrected chi connectivity index (χ2v) is 9.54. The van der Waals surface area contributed by atoms with E-state index < -0.39 is 16.0 Å². The molecule has 1 aromatic rings. The van der Waals surface area contributed by atoms with E-state index in [1.807, 2.05) is 0 Å². The Hall–Kier alpha value is -1.44. The van der Waals surface area contributed by atoms with Gasteiger partial charge in [-0.25, -0.2) is 13.2 Å². The van der Waals surface area contributed by atoms with Gasteiger partial charge in [-0.3, -0.25) is 0 Å². The first-order chi connectivity index (χ1) is 12.9. The molecule has 0 amide bonds. The van der Waals surface area contributed by atoms with Crippen molar-refractivity contribution in [2.45, 2.75) is 50.5 Å². The van der Waals surface area contributed by atoms with Crippen molar-refractivity contribution in [1.82, 2.24) is 9.21 Å². The van der Waals surface area contributed by atoms with Gasteiger partial charge in [0.25, 0.3) is 0 Å². The van der Waals surface area contributed by atoms with Gasteiger partial charge in [-0.1, -0.05) is 6.92 Å². The van der Waals surface area contributed by atoms with E-state index >= 15 is 0 Å². The molecular weight excluding hydrogens is 364 g/mol. The summed E-state index contributed by atoms with van der Waals surface area (Å²) in [6.45, 7) is 7.72. The van der Waals surface area contributed by atoms with Crippen LogP contribution in [0.25, 0.3) is 0 Å². The Morgan fingerprint density at radius 2 is 1.63 bits per heavy atom. The lowest BCUT2D eigenvalue weighted by atomic mass is 9.95. The predicted molar refractivity (Wildman–Crippen MR) is 104 cm³/mol. The lowest BCUT2D eigenvalue weighted by Crippen LogP contribution is -2.48. The van der Waals surface area contributed by atoms with Gasteiger partial charge in [0.05, 0.1) is 17.1 Å². The zero-order valence-electron chi connectivity index (χ0n) is 16.3. The van der Waals surface area contributed by atoms with Gasteiger partial charge in [0, 0.05) is 19.1 Å². The summed E-state index contributed by atoms with van der Waals surface area (Å²) in [6.07, 6.45) is 4.25. The quantitative estimate of drug-likeness (QED) is 0.719. The second-order valence-electron chi connectivity index (χ2n) is 7.60. The average molecular weight is 395 g/mol. The minimum Gasteiger partial charge on any atom is -0.462 e. The highest BCUT2D eigenvalue weighted by molar-refractivity contribution is 7.89. The topological polar surface area (TPSA) is 66.9 Å². The van der Waals surface area contributed by atoms with Crippen LogP contribution < -0.4 is 0 Å². The van der Waals surface area contributed by atoms with E-state index in [0.717, 1.165) is 31.8 Å². The fourth-order valence-corrected chi connectivity index (χ4v) is 5.44. The number of esters is 1. The molecule has 7 heteroatoms. The first-order valence-corrected chi connectivity index (χ1v) is 11.4. The largest absolute Gasteiger partial charge is 0.462 e. The van der Waals surface area contributed by atoms with Crippen molar-refractivity contribution in [3.8, 4) is 0 Å². The maximum atomic E-state index is 12.9. The van der Waals surface area contributed by atoms with Gasteiger partial charge in [0.15, 0.2) is 0 Å². The molecule has 0 atom stereocenters. The van der Waals surface area contributed by atoms with Gasteiger partial charge >= 0.3 is 5.97 Å². The van der Waals surface area contributed by atoms with Crippen LogP contribution >= 0.6 is 0 Å². The Morgan fingerprint density at radius 3 is 2.19 bits per heavy atom. The van der Waals surface area contributed by atoms with E-state index in [2.05, 4.69) is 11.8 Å². The third-order valence-corrected chi connectivity index (χ3v) is 7.67. The van der Waals surface area contributed by atoms with Crippen molar-refractivity contribution in [1.29, 1.82) is 0 Å². The van der Waals surface area contributed by atoms with Crippen molar-refractivity contribution in [2.24, 2.45) is 5.92 Å². The molecule has 0 unspecified atom stereocenters. The highest BCUT2D eigenvalue weighted by Gasteiger charge is 2.32. The van der Waals surface area contributed by atoms with Crippen LogP contribution in [0.5, 0.6) is 0 Å². The van der Waals surface area contributed by atoms with E-state index in [1.54, 1.807) is 11.2 Å². The molecule has 0 aromatic heterocycles. The molecule has 0 spiro atoms. The van der Waals surface area contributed by atoms with E-state index in [9.17, 15) is 13.2 Å². The summed E-state index contributed by atoms with van der Waals surface area (Å²) in [6, 6.07) is 6.54. The number of likely N-dealkylation sites (tertiary alicyclic amines) is 1. The van der Waals surface area contributed by atoms with E-state index in [0.29, 0.717) is 31.3 Å². The molecule has 150 valence electrons. The summed E-state index contributed by atoms with van der Waals surface area (Å²) >= 11 is 0. The fraction of sp³-hybridized carbons (Fsp3) is 0.650. The van der Waals surface area contributed by atoms with E-state index in [-0.39, 0.29) is 4.90 Å². The minimum absolute atomic E-state index is 0.237. The Balaban J connectivity index is 1.60. The van der Waals surface area contributed by atoms with Gasteiger partial charge in [0.2, 0.25) is 10.0 Å². The van der Waals surface area contributed by atoms with Gasteiger partial charge < -0.3 is 9.64 Å². The van der Waals surface area contributed by atoms with E-state index in [1.165, 1.54) is 37.1 Å². The number of carbonyl (C=O) groups is 1. The van der Waals surface area contributed by atoms with Crippen molar-refractivity contribution < 1.29 is 17.9 Å². The summed E-state index contributed by atoms with van der Waals surface area (Å²) in [5.41, 5.74) is 0.369. The number of rotatable bonds is 5. The smallest absolute Gasteiger partial charge is 0.338 e. The maximum Gasteiger partial charge on any atom is 0.338 e. The Bertz CT molecular complexity index is 732. The summed E-state index contributed by atoms with van der Waals surface area (Å²) in [7, 11) is -3.52. The first-order valence-electron chi connectivity index (χ1n) is 9.93. The highest BCUT2D eigenvalue weighted by atomic mass is 32.2. The Kier molecular flexibility index (Phi) is 6.55. The molecule has 0 bridgehead atoms. The zero-order chi connectivity index (χ0) is 19.4. The summed E-state index contributed by atoms with van der Waals surface area (Å²) in [5.74, 6) is 0.373. The van der Waals surface area contributed by atoms with Crippen molar-refractivity contribution >= 4 is 16.0 Å². The third-order valence-electron chi connectivity index (χ3n) is 5.76. The number of hydrogen-bond donors (Lipinski definition) is 0. The predicted octanol–water partition coefficient (Wildman–Crippen LogP) is 2.75. The van der Waals surface area contributed by atoms with Crippen molar-refractivity contribution in [2.75, 3.05) is 32.8 Å². The Labute approximate surface area is 162 Å². The molecule has 2 saturated heterocycles. The monoisotopic (exact) mass is 394 g/mol. The minimum atomic E-state index is -3.52. The molecule has 2 fully saturated rings. The summed E-state index contributed by atoms with van der Waals surface area (Å²) < 4.78 is 32.4. The van der Waals surface area contributed by atoms with Gasteiger partial charge in [-0.15, -0.1) is 0 Å². The fourth-order valence-electron chi connectivity index (χ4n) is 3.97. The number of ether oxygens (including phenoxy) is 1. The third kappa shape index (κ3) is 4.70. The second kappa shape index (κ2) is 8.71. The standard InChI is InChI=1S/C20H30N2O4S/c1-3-26-20(23)17-4-6-19(7-5-17)27(24,25)22-14-10-18(11-15-22)21-12-8-16(2)9-13-21/h4-7,16,18H,3,8-15H2,1-2H3. The van der Waals surface area contributed by atoms with Crippen LogP contribution in [0.15, 0.2) is 29.2 Å². The number of benzene rings is 1. The molecule has 0 N–H and O–H groups in total. The SMILES string of the molecule is CCOC(=O)c1ccc(S(=O)(=O)N2CCC(N3CCC(C)CC3)CC2)cc1. The van der Waals surface area contributed by atoms with Crippen molar-refractivity contribution in [3.63, 3.8) is 0 Å². The molecule has 1 aromatic carbocycles. The van der Waals surface area contributed by atoms with Crippen LogP contribution in [0.4, 0.5) is 0 Å². The molecule has 0 radical (unpaired) electrons. The van der Waals surface area contributed by atoms with Crippen molar-refractivity contribution in [3.05, 3.63) is 29.8 Å². The molecule has 6 nitrogen and oxygen atoms in total. The molecular formula is C20H30N2O4S. The molecule has 2 aliphatic heterocycles. The van der Waals surface area contributed by atoms with Crippen LogP contribution in [-0.4, -0.2) is 62.4 Å².